The normalized spacial score (nSPS) is 13.5. The minimum absolute atomic E-state index is 0.0700. The second kappa shape index (κ2) is 5.31. The molecule has 0 aliphatic carbocycles. The van der Waals surface area contributed by atoms with Gasteiger partial charge in [-0.25, -0.2) is 0 Å². The highest BCUT2D eigenvalue weighted by Crippen LogP contribution is 1.98. The van der Waals surface area contributed by atoms with Gasteiger partial charge >= 0.3 is 0 Å². The lowest BCUT2D eigenvalue weighted by Crippen LogP contribution is -1.87. The number of hydrogen-bond donors (Lipinski definition) is 1. The Morgan fingerprint density at radius 1 is 1.64 bits per heavy atom. The molecule has 0 aliphatic rings. The minimum Gasteiger partial charge on any atom is -0.507 e. The van der Waals surface area contributed by atoms with Gasteiger partial charge in [-0.3, -0.25) is 4.99 Å². The third-order valence-corrected chi connectivity index (χ3v) is 1.01. The Bertz CT molecular complexity index is 241. The number of terminal acetylenes is 1. The van der Waals surface area contributed by atoms with E-state index < -0.39 is 0 Å². The van der Waals surface area contributed by atoms with Gasteiger partial charge in [-0.1, -0.05) is 12.0 Å². The summed E-state index contributed by atoms with van der Waals surface area (Å²) in [4.78, 5) is 3.69. The molecule has 2 nitrogen and oxygen atoms in total. The molecular formula is C9H11NO. The number of aliphatic hydroxyl groups excluding tert-OH is 1. The predicted molar refractivity (Wildman–Crippen MR) is 47.7 cm³/mol. The standard InChI is InChI=1S/C9H11NO/c1-4-6-9(11)8(5-2)7-10-3/h2,4,6-7,11H,1,3H3/b6-4-,9-8-,10-7+. The van der Waals surface area contributed by atoms with Gasteiger partial charge in [0.1, 0.15) is 5.76 Å². The molecular weight excluding hydrogens is 138 g/mol. The van der Waals surface area contributed by atoms with E-state index in [9.17, 15) is 5.11 Å². The summed E-state index contributed by atoms with van der Waals surface area (Å²) in [5, 5.41) is 9.20. The van der Waals surface area contributed by atoms with Crippen molar-refractivity contribution in [2.45, 2.75) is 6.92 Å². The number of rotatable bonds is 2. The summed E-state index contributed by atoms with van der Waals surface area (Å²) in [6.45, 7) is 1.80. The first-order chi connectivity index (χ1) is 5.26. The van der Waals surface area contributed by atoms with Crippen molar-refractivity contribution in [1.29, 1.82) is 0 Å². The van der Waals surface area contributed by atoms with Gasteiger partial charge in [0.15, 0.2) is 0 Å². The van der Waals surface area contributed by atoms with Gasteiger partial charge in [0.25, 0.3) is 0 Å². The van der Waals surface area contributed by atoms with E-state index in [2.05, 4.69) is 10.9 Å². The average molecular weight is 149 g/mol. The first kappa shape index (κ1) is 9.51. The molecule has 0 aromatic carbocycles. The minimum atomic E-state index is 0.0700. The third-order valence-electron chi connectivity index (χ3n) is 1.01. The average Bonchev–Trinajstić information content (AvgIpc) is 2.00. The molecule has 0 radical (unpaired) electrons. The quantitative estimate of drug-likeness (QED) is 0.275. The first-order valence-corrected chi connectivity index (χ1v) is 3.21. The van der Waals surface area contributed by atoms with Crippen LogP contribution in [0.2, 0.25) is 0 Å². The van der Waals surface area contributed by atoms with Crippen molar-refractivity contribution in [3.05, 3.63) is 23.5 Å². The number of aliphatic imine (C=N–C) groups is 1. The first-order valence-electron chi connectivity index (χ1n) is 3.21. The zero-order chi connectivity index (χ0) is 8.69. The van der Waals surface area contributed by atoms with Crippen LogP contribution in [-0.4, -0.2) is 18.4 Å². The molecule has 0 aromatic rings. The molecule has 0 saturated heterocycles. The number of hydrogen-bond acceptors (Lipinski definition) is 2. The van der Waals surface area contributed by atoms with Crippen LogP contribution in [0, 0.1) is 12.3 Å². The molecule has 0 bridgehead atoms. The number of aliphatic hydroxyl groups is 1. The zero-order valence-corrected chi connectivity index (χ0v) is 6.70. The smallest absolute Gasteiger partial charge is 0.132 e. The van der Waals surface area contributed by atoms with E-state index in [1.54, 1.807) is 20.0 Å². The van der Waals surface area contributed by atoms with Crippen molar-refractivity contribution in [2.75, 3.05) is 7.05 Å². The number of nitrogens with zero attached hydrogens (tertiary/aromatic N) is 1. The van der Waals surface area contributed by atoms with Crippen LogP contribution in [-0.2, 0) is 0 Å². The van der Waals surface area contributed by atoms with Gasteiger partial charge in [-0.05, 0) is 13.0 Å². The maximum atomic E-state index is 9.20. The van der Waals surface area contributed by atoms with Crippen LogP contribution in [0.25, 0.3) is 0 Å². The number of allylic oxidation sites excluding steroid dienone is 3. The topological polar surface area (TPSA) is 32.6 Å². The van der Waals surface area contributed by atoms with Crippen LogP contribution in [0.15, 0.2) is 28.5 Å². The summed E-state index contributed by atoms with van der Waals surface area (Å²) >= 11 is 0. The van der Waals surface area contributed by atoms with Crippen LogP contribution in [0.3, 0.4) is 0 Å². The molecule has 0 heterocycles. The highest BCUT2D eigenvalue weighted by Gasteiger charge is 1.93. The summed E-state index contributed by atoms with van der Waals surface area (Å²) in [7, 11) is 1.60. The van der Waals surface area contributed by atoms with Gasteiger partial charge < -0.3 is 5.11 Å². The van der Waals surface area contributed by atoms with E-state index in [0.717, 1.165) is 0 Å². The largest absolute Gasteiger partial charge is 0.507 e. The fraction of sp³-hybridized carbons (Fsp3) is 0.222. The predicted octanol–water partition coefficient (Wildman–Crippen LogP) is 1.71. The van der Waals surface area contributed by atoms with Crippen LogP contribution in [0.5, 0.6) is 0 Å². The van der Waals surface area contributed by atoms with E-state index in [1.807, 2.05) is 0 Å². The van der Waals surface area contributed by atoms with Gasteiger partial charge in [-0.15, -0.1) is 6.42 Å². The molecule has 1 N–H and O–H groups in total. The molecule has 0 spiro atoms. The fourth-order valence-corrected chi connectivity index (χ4v) is 0.554. The van der Waals surface area contributed by atoms with Gasteiger partial charge in [0.05, 0.1) is 5.57 Å². The van der Waals surface area contributed by atoms with E-state index in [0.29, 0.717) is 5.57 Å². The van der Waals surface area contributed by atoms with Crippen LogP contribution < -0.4 is 0 Å². The Hall–Kier alpha value is -1.49. The van der Waals surface area contributed by atoms with Crippen molar-refractivity contribution in [2.24, 2.45) is 4.99 Å². The van der Waals surface area contributed by atoms with Crippen molar-refractivity contribution < 1.29 is 5.11 Å². The molecule has 0 unspecified atom stereocenters. The van der Waals surface area contributed by atoms with Crippen LogP contribution in [0.4, 0.5) is 0 Å². The summed E-state index contributed by atoms with van der Waals surface area (Å²) in [5.41, 5.74) is 0.394. The Morgan fingerprint density at radius 2 is 2.27 bits per heavy atom. The lowest BCUT2D eigenvalue weighted by Gasteiger charge is -1.92. The third kappa shape index (κ3) is 3.27. The summed E-state index contributed by atoms with van der Waals surface area (Å²) < 4.78 is 0. The van der Waals surface area contributed by atoms with E-state index in [4.69, 9.17) is 6.42 Å². The van der Waals surface area contributed by atoms with E-state index >= 15 is 0 Å². The van der Waals surface area contributed by atoms with Crippen molar-refractivity contribution >= 4 is 6.21 Å². The Morgan fingerprint density at radius 3 is 2.64 bits per heavy atom. The molecule has 0 saturated carbocycles. The fourth-order valence-electron chi connectivity index (χ4n) is 0.554. The molecule has 11 heavy (non-hydrogen) atoms. The maximum Gasteiger partial charge on any atom is 0.132 e. The molecule has 2 heteroatoms. The van der Waals surface area contributed by atoms with Crippen molar-refractivity contribution in [3.63, 3.8) is 0 Å². The molecule has 0 rings (SSSR count). The molecule has 0 fully saturated rings. The monoisotopic (exact) mass is 149 g/mol. The second-order valence-corrected chi connectivity index (χ2v) is 1.83. The zero-order valence-electron chi connectivity index (χ0n) is 6.70. The highest BCUT2D eigenvalue weighted by molar-refractivity contribution is 5.85. The maximum absolute atomic E-state index is 9.20. The molecule has 0 aromatic heterocycles. The second-order valence-electron chi connectivity index (χ2n) is 1.83. The van der Waals surface area contributed by atoms with Crippen molar-refractivity contribution in [1.82, 2.24) is 0 Å². The van der Waals surface area contributed by atoms with Gasteiger partial charge in [0.2, 0.25) is 0 Å². The summed E-state index contributed by atoms with van der Waals surface area (Å²) in [6, 6.07) is 0. The van der Waals surface area contributed by atoms with Gasteiger partial charge in [-0.2, -0.15) is 0 Å². The summed E-state index contributed by atoms with van der Waals surface area (Å²) in [5.74, 6) is 2.39. The highest BCUT2D eigenvalue weighted by atomic mass is 16.3. The van der Waals surface area contributed by atoms with Crippen LogP contribution in [0.1, 0.15) is 6.92 Å². The SMILES string of the molecule is C#CC(/C=N/C)=C(O)\C=C/C. The lowest BCUT2D eigenvalue weighted by molar-refractivity contribution is 0.431. The van der Waals surface area contributed by atoms with Crippen molar-refractivity contribution in [3.8, 4) is 12.3 Å². The lowest BCUT2D eigenvalue weighted by atomic mass is 10.2. The molecule has 0 atom stereocenters. The van der Waals surface area contributed by atoms with E-state index in [-0.39, 0.29) is 5.76 Å². The van der Waals surface area contributed by atoms with Gasteiger partial charge in [0, 0.05) is 13.3 Å². The van der Waals surface area contributed by atoms with Crippen LogP contribution >= 0.6 is 0 Å². The summed E-state index contributed by atoms with van der Waals surface area (Å²) in [6.07, 6.45) is 9.77. The Kier molecular flexibility index (Phi) is 4.59. The molecule has 0 amide bonds. The molecule has 58 valence electrons. The van der Waals surface area contributed by atoms with E-state index in [1.165, 1.54) is 12.3 Å². The Balaban J connectivity index is 4.71. The molecule has 0 aliphatic heterocycles. The Labute approximate surface area is 67.0 Å².